The maximum Gasteiger partial charge on any atom is 0.257 e. The molecule has 0 spiro atoms. The van der Waals surface area contributed by atoms with E-state index in [2.05, 4.69) is 25.7 Å². The van der Waals surface area contributed by atoms with Crippen LogP contribution in [0.15, 0.2) is 43.1 Å². The Morgan fingerprint density at radius 3 is 2.96 bits per heavy atom. The van der Waals surface area contributed by atoms with Crippen LogP contribution in [0.5, 0.6) is 0 Å². The molecule has 7 nitrogen and oxygen atoms in total. The molecule has 0 radical (unpaired) electrons. The van der Waals surface area contributed by atoms with Gasteiger partial charge in [-0.05, 0) is 38.3 Å². The molecule has 1 unspecified atom stereocenters. The van der Waals surface area contributed by atoms with Gasteiger partial charge < -0.3 is 9.47 Å². The zero-order chi connectivity index (χ0) is 19.5. The third-order valence-corrected chi connectivity index (χ3v) is 5.40. The van der Waals surface area contributed by atoms with Gasteiger partial charge >= 0.3 is 0 Å². The summed E-state index contributed by atoms with van der Waals surface area (Å²) in [6.45, 7) is 6.93. The molecule has 1 aliphatic heterocycles. The molecule has 4 heterocycles. The van der Waals surface area contributed by atoms with Crippen molar-refractivity contribution in [2.75, 3.05) is 13.1 Å². The number of aryl methyl sites for hydroxylation is 2. The highest BCUT2D eigenvalue weighted by Gasteiger charge is 2.29. The van der Waals surface area contributed by atoms with E-state index in [0.717, 1.165) is 49.6 Å². The van der Waals surface area contributed by atoms with Gasteiger partial charge in [0.25, 0.3) is 5.91 Å². The van der Waals surface area contributed by atoms with Gasteiger partial charge in [-0.15, -0.1) is 0 Å². The molecule has 1 atom stereocenters. The summed E-state index contributed by atoms with van der Waals surface area (Å²) in [5, 5.41) is 4.42. The molecule has 3 aromatic heterocycles. The molecule has 1 aliphatic rings. The predicted molar refractivity (Wildman–Crippen MR) is 106 cm³/mol. The van der Waals surface area contributed by atoms with Crippen molar-refractivity contribution in [2.24, 2.45) is 0 Å². The van der Waals surface area contributed by atoms with Crippen LogP contribution in [-0.2, 0) is 13.1 Å². The molecule has 146 valence electrons. The lowest BCUT2D eigenvalue weighted by atomic mass is 9.96. The lowest BCUT2D eigenvalue weighted by Gasteiger charge is -2.32. The summed E-state index contributed by atoms with van der Waals surface area (Å²) in [5.74, 6) is 1.36. The molecule has 1 amide bonds. The maximum atomic E-state index is 13.1. The van der Waals surface area contributed by atoms with Crippen molar-refractivity contribution < 1.29 is 4.79 Å². The highest BCUT2D eigenvalue weighted by molar-refractivity contribution is 5.95. The SMILES string of the molecule is CCn1cc(C(=O)N2CCCC(c3nccn3Cc3cccnc3)C2)c(C)n1. The van der Waals surface area contributed by atoms with Gasteiger partial charge in [0, 0.05) is 56.5 Å². The number of carbonyl (C=O) groups is 1. The molecule has 28 heavy (non-hydrogen) atoms. The molecule has 4 rings (SSSR count). The first-order chi connectivity index (χ1) is 13.7. The Morgan fingerprint density at radius 2 is 2.21 bits per heavy atom. The summed E-state index contributed by atoms with van der Waals surface area (Å²) in [6.07, 6.45) is 11.4. The molecule has 0 aliphatic carbocycles. The second-order valence-electron chi connectivity index (χ2n) is 7.35. The molecule has 0 saturated carbocycles. The highest BCUT2D eigenvalue weighted by atomic mass is 16.2. The number of amides is 1. The van der Waals surface area contributed by atoms with E-state index in [-0.39, 0.29) is 11.8 Å². The van der Waals surface area contributed by atoms with E-state index in [1.165, 1.54) is 0 Å². The van der Waals surface area contributed by atoms with Gasteiger partial charge in [0.05, 0.1) is 17.8 Å². The zero-order valence-electron chi connectivity index (χ0n) is 16.5. The maximum absolute atomic E-state index is 13.1. The van der Waals surface area contributed by atoms with E-state index in [1.807, 2.05) is 54.3 Å². The Hall–Kier alpha value is -2.96. The van der Waals surface area contributed by atoms with Gasteiger partial charge in [-0.3, -0.25) is 14.5 Å². The number of likely N-dealkylation sites (tertiary alicyclic amines) is 1. The molecule has 0 bridgehead atoms. The number of aromatic nitrogens is 5. The quantitative estimate of drug-likeness (QED) is 0.685. The van der Waals surface area contributed by atoms with Crippen LogP contribution >= 0.6 is 0 Å². The number of rotatable bonds is 5. The van der Waals surface area contributed by atoms with Crippen molar-refractivity contribution in [3.05, 3.63) is 65.8 Å². The minimum absolute atomic E-state index is 0.0762. The summed E-state index contributed by atoms with van der Waals surface area (Å²) < 4.78 is 4.00. The van der Waals surface area contributed by atoms with Gasteiger partial charge in [-0.2, -0.15) is 5.10 Å². The number of carbonyl (C=O) groups excluding carboxylic acids is 1. The monoisotopic (exact) mass is 378 g/mol. The standard InChI is InChI=1S/C21H26N6O/c1-3-27-15-19(16(2)24-27)21(28)26-10-5-7-18(14-26)20-23-9-11-25(20)13-17-6-4-8-22-12-17/h4,6,8-9,11-12,15,18H,3,5,7,10,13-14H2,1-2H3. The van der Waals surface area contributed by atoms with Crippen LogP contribution < -0.4 is 0 Å². The van der Waals surface area contributed by atoms with Gasteiger partial charge in [0.15, 0.2) is 0 Å². The number of pyridine rings is 1. The normalized spacial score (nSPS) is 17.1. The second kappa shape index (κ2) is 7.96. The van der Waals surface area contributed by atoms with E-state index in [4.69, 9.17) is 0 Å². The van der Waals surface area contributed by atoms with E-state index < -0.39 is 0 Å². The van der Waals surface area contributed by atoms with Gasteiger partial charge in [0.1, 0.15) is 5.82 Å². The molecule has 1 fully saturated rings. The summed E-state index contributed by atoms with van der Waals surface area (Å²) in [5.41, 5.74) is 2.65. The van der Waals surface area contributed by atoms with Crippen LogP contribution in [0, 0.1) is 6.92 Å². The Labute approximate surface area is 165 Å². The summed E-state index contributed by atoms with van der Waals surface area (Å²) in [4.78, 5) is 23.9. The number of hydrogen-bond acceptors (Lipinski definition) is 4. The largest absolute Gasteiger partial charge is 0.338 e. The fourth-order valence-electron chi connectivity index (χ4n) is 3.94. The third kappa shape index (κ3) is 3.69. The fourth-order valence-corrected chi connectivity index (χ4v) is 3.94. The van der Waals surface area contributed by atoms with E-state index in [9.17, 15) is 4.79 Å². The topological polar surface area (TPSA) is 68.8 Å². The average Bonchev–Trinajstić information content (AvgIpc) is 3.34. The van der Waals surface area contributed by atoms with E-state index in [0.29, 0.717) is 12.1 Å². The van der Waals surface area contributed by atoms with Gasteiger partial charge in [-0.25, -0.2) is 4.98 Å². The van der Waals surface area contributed by atoms with Crippen molar-refractivity contribution in [2.45, 2.75) is 45.7 Å². The van der Waals surface area contributed by atoms with Crippen LogP contribution in [-0.4, -0.2) is 48.2 Å². The first-order valence-corrected chi connectivity index (χ1v) is 9.89. The third-order valence-electron chi connectivity index (χ3n) is 5.40. The van der Waals surface area contributed by atoms with Crippen LogP contribution in [0.2, 0.25) is 0 Å². The Balaban J connectivity index is 1.51. The van der Waals surface area contributed by atoms with Crippen LogP contribution in [0.4, 0.5) is 0 Å². The lowest BCUT2D eigenvalue weighted by molar-refractivity contribution is 0.0702. The number of piperidine rings is 1. The summed E-state index contributed by atoms with van der Waals surface area (Å²) >= 11 is 0. The molecule has 3 aromatic rings. The van der Waals surface area contributed by atoms with Crippen molar-refractivity contribution in [1.82, 2.24) is 29.2 Å². The van der Waals surface area contributed by atoms with E-state index >= 15 is 0 Å². The smallest absolute Gasteiger partial charge is 0.257 e. The molecular weight excluding hydrogens is 352 g/mol. The van der Waals surface area contributed by atoms with Crippen molar-refractivity contribution >= 4 is 5.91 Å². The average molecular weight is 378 g/mol. The Bertz CT molecular complexity index is 945. The van der Waals surface area contributed by atoms with Crippen LogP contribution in [0.25, 0.3) is 0 Å². The first-order valence-electron chi connectivity index (χ1n) is 9.89. The first kappa shape index (κ1) is 18.4. The lowest BCUT2D eigenvalue weighted by Crippen LogP contribution is -2.40. The van der Waals surface area contributed by atoms with Crippen LogP contribution in [0.1, 0.15) is 53.1 Å². The number of imidazole rings is 1. The Kier molecular flexibility index (Phi) is 5.23. The van der Waals surface area contributed by atoms with Crippen molar-refractivity contribution in [1.29, 1.82) is 0 Å². The molecule has 7 heteroatoms. The Morgan fingerprint density at radius 1 is 1.32 bits per heavy atom. The minimum Gasteiger partial charge on any atom is -0.338 e. The zero-order valence-corrected chi connectivity index (χ0v) is 16.5. The number of nitrogens with zero attached hydrogens (tertiary/aromatic N) is 6. The van der Waals surface area contributed by atoms with Crippen molar-refractivity contribution in [3.8, 4) is 0 Å². The highest BCUT2D eigenvalue weighted by Crippen LogP contribution is 2.27. The summed E-state index contributed by atoms with van der Waals surface area (Å²) in [6, 6.07) is 4.02. The van der Waals surface area contributed by atoms with Gasteiger partial charge in [0.2, 0.25) is 0 Å². The van der Waals surface area contributed by atoms with Crippen molar-refractivity contribution in [3.63, 3.8) is 0 Å². The fraction of sp³-hybridized carbons (Fsp3) is 0.429. The van der Waals surface area contributed by atoms with Crippen LogP contribution in [0.3, 0.4) is 0 Å². The molecule has 0 N–H and O–H groups in total. The summed E-state index contributed by atoms with van der Waals surface area (Å²) in [7, 11) is 0. The van der Waals surface area contributed by atoms with E-state index in [1.54, 1.807) is 6.20 Å². The second-order valence-corrected chi connectivity index (χ2v) is 7.35. The number of hydrogen-bond donors (Lipinski definition) is 0. The van der Waals surface area contributed by atoms with Gasteiger partial charge in [-0.1, -0.05) is 6.07 Å². The predicted octanol–water partition coefficient (Wildman–Crippen LogP) is 2.87. The minimum atomic E-state index is 0.0762. The molecule has 1 saturated heterocycles. The molecular formula is C21H26N6O. The molecule has 0 aromatic carbocycles.